The molecule has 1 aromatic rings. The first-order valence-corrected chi connectivity index (χ1v) is 5.55. The van der Waals surface area contributed by atoms with E-state index in [4.69, 9.17) is 5.84 Å². The van der Waals surface area contributed by atoms with Gasteiger partial charge in [-0.1, -0.05) is 0 Å². The predicted octanol–water partition coefficient (Wildman–Crippen LogP) is -0.239. The highest BCUT2D eigenvalue weighted by atomic mass is 16.2. The molecule has 0 spiro atoms. The molecule has 1 amide bonds. The van der Waals surface area contributed by atoms with Crippen molar-refractivity contribution in [3.8, 4) is 0 Å². The second kappa shape index (κ2) is 4.96. The molecule has 2 rings (SSSR count). The van der Waals surface area contributed by atoms with E-state index >= 15 is 0 Å². The smallest absolute Gasteiger partial charge is 0.242 e. The predicted molar refractivity (Wildman–Crippen MR) is 64.2 cm³/mol. The molecule has 0 radical (unpaired) electrons. The first kappa shape index (κ1) is 11.6. The van der Waals surface area contributed by atoms with E-state index in [1.807, 2.05) is 6.92 Å². The lowest BCUT2D eigenvalue weighted by Crippen LogP contribution is -2.44. The van der Waals surface area contributed by atoms with Crippen LogP contribution in [0.5, 0.6) is 0 Å². The van der Waals surface area contributed by atoms with Gasteiger partial charge in [-0.2, -0.15) is 0 Å². The molecule has 0 aliphatic carbocycles. The van der Waals surface area contributed by atoms with Gasteiger partial charge < -0.3 is 16.1 Å². The lowest BCUT2D eigenvalue weighted by Gasteiger charge is -2.24. The number of carbonyl (C=O) groups is 1. The average Bonchev–Trinajstić information content (AvgIpc) is 2.34. The van der Waals surface area contributed by atoms with Gasteiger partial charge >= 0.3 is 0 Å². The Morgan fingerprint density at radius 1 is 1.47 bits per heavy atom. The highest BCUT2D eigenvalue weighted by Gasteiger charge is 2.22. The van der Waals surface area contributed by atoms with E-state index in [-0.39, 0.29) is 11.9 Å². The molecule has 7 nitrogen and oxygen atoms in total. The molecular formula is C10H16N6O. The van der Waals surface area contributed by atoms with Crippen molar-refractivity contribution in [3.05, 3.63) is 11.9 Å². The lowest BCUT2D eigenvalue weighted by molar-refractivity contribution is -0.123. The van der Waals surface area contributed by atoms with Crippen molar-refractivity contribution in [1.82, 2.24) is 15.3 Å². The number of nitrogens with zero attached hydrogens (tertiary/aromatic N) is 2. The van der Waals surface area contributed by atoms with Crippen LogP contribution in [0.3, 0.4) is 0 Å². The van der Waals surface area contributed by atoms with E-state index < -0.39 is 0 Å². The number of hydrogen-bond acceptors (Lipinski definition) is 6. The molecule has 0 aromatic carbocycles. The molecule has 1 aromatic heterocycles. The zero-order valence-electron chi connectivity index (χ0n) is 9.66. The van der Waals surface area contributed by atoms with Gasteiger partial charge in [0.2, 0.25) is 5.91 Å². The highest BCUT2D eigenvalue weighted by molar-refractivity contribution is 5.85. The van der Waals surface area contributed by atoms with E-state index in [2.05, 4.69) is 26.0 Å². The molecule has 1 atom stereocenters. The van der Waals surface area contributed by atoms with Gasteiger partial charge in [-0.25, -0.2) is 15.8 Å². The molecule has 17 heavy (non-hydrogen) atoms. The third-order valence-corrected chi connectivity index (χ3v) is 2.82. The summed E-state index contributed by atoms with van der Waals surface area (Å²) in [5.74, 6) is 6.53. The Kier molecular flexibility index (Phi) is 3.38. The molecule has 0 saturated carbocycles. The molecule has 1 aliphatic rings. The highest BCUT2D eigenvalue weighted by Crippen LogP contribution is 2.19. The van der Waals surface area contributed by atoms with Crippen LogP contribution in [0.25, 0.3) is 0 Å². The fraction of sp³-hybridized carbons (Fsp3) is 0.500. The Morgan fingerprint density at radius 3 is 2.94 bits per heavy atom. The zero-order valence-corrected chi connectivity index (χ0v) is 9.66. The molecule has 1 aliphatic heterocycles. The van der Waals surface area contributed by atoms with E-state index in [1.165, 1.54) is 6.33 Å². The Hall–Kier alpha value is -1.89. The van der Waals surface area contributed by atoms with Crippen LogP contribution in [0.1, 0.15) is 18.4 Å². The number of nitrogen functional groups attached to an aromatic ring is 1. The van der Waals surface area contributed by atoms with Gasteiger partial charge in [-0.3, -0.25) is 4.79 Å². The van der Waals surface area contributed by atoms with Crippen molar-refractivity contribution in [3.63, 3.8) is 0 Å². The Morgan fingerprint density at radius 2 is 2.24 bits per heavy atom. The summed E-state index contributed by atoms with van der Waals surface area (Å²) in [5.41, 5.74) is 3.29. The van der Waals surface area contributed by atoms with Crippen LogP contribution in [0.4, 0.5) is 11.6 Å². The summed E-state index contributed by atoms with van der Waals surface area (Å²) >= 11 is 0. The first-order chi connectivity index (χ1) is 8.22. The third kappa shape index (κ3) is 2.44. The summed E-state index contributed by atoms with van der Waals surface area (Å²) in [6.07, 6.45) is 3.18. The summed E-state index contributed by atoms with van der Waals surface area (Å²) < 4.78 is 0. The van der Waals surface area contributed by atoms with Gasteiger partial charge in [0.1, 0.15) is 24.0 Å². The van der Waals surface area contributed by atoms with Crippen molar-refractivity contribution >= 4 is 17.5 Å². The first-order valence-electron chi connectivity index (χ1n) is 5.55. The molecule has 1 fully saturated rings. The van der Waals surface area contributed by atoms with Crippen LogP contribution in [0.15, 0.2) is 6.33 Å². The minimum atomic E-state index is -0.233. The number of hydrazine groups is 1. The largest absolute Gasteiger partial charge is 0.358 e. The SMILES string of the molecule is Cc1c(NN)ncnc1NC1CCCNC1=O. The van der Waals surface area contributed by atoms with Crippen LogP contribution in [0, 0.1) is 6.92 Å². The maximum atomic E-state index is 11.6. The van der Waals surface area contributed by atoms with Gasteiger partial charge in [-0.05, 0) is 19.8 Å². The molecular weight excluding hydrogens is 220 g/mol. The van der Waals surface area contributed by atoms with E-state index in [1.54, 1.807) is 0 Å². The Bertz CT molecular complexity index is 421. The number of nitrogens with one attached hydrogen (secondary N) is 3. The van der Waals surface area contributed by atoms with Crippen LogP contribution in [0.2, 0.25) is 0 Å². The van der Waals surface area contributed by atoms with Crippen molar-refractivity contribution in [2.45, 2.75) is 25.8 Å². The molecule has 1 saturated heterocycles. The topological polar surface area (TPSA) is 105 Å². The summed E-state index contributed by atoms with van der Waals surface area (Å²) in [5, 5.41) is 5.93. The summed E-state index contributed by atoms with van der Waals surface area (Å²) in [6, 6.07) is -0.233. The maximum Gasteiger partial charge on any atom is 0.242 e. The minimum Gasteiger partial charge on any atom is -0.358 e. The fourth-order valence-electron chi connectivity index (χ4n) is 1.82. The Labute approximate surface area is 99.2 Å². The van der Waals surface area contributed by atoms with Crippen LogP contribution < -0.4 is 21.9 Å². The number of carbonyl (C=O) groups excluding carboxylic acids is 1. The zero-order chi connectivity index (χ0) is 12.3. The average molecular weight is 236 g/mol. The van der Waals surface area contributed by atoms with Crippen LogP contribution in [-0.2, 0) is 4.79 Å². The number of piperidine rings is 1. The molecule has 1 unspecified atom stereocenters. The standard InChI is InChI=1S/C10H16N6O/c1-6-8(13-5-14-9(6)16-11)15-7-3-2-4-12-10(7)17/h5,7H,2-4,11H2,1H3,(H,12,17)(H2,13,14,15,16). The molecule has 5 N–H and O–H groups in total. The number of anilines is 2. The van der Waals surface area contributed by atoms with Gasteiger partial charge in [0.25, 0.3) is 0 Å². The number of nitrogens with two attached hydrogens (primary N) is 1. The van der Waals surface area contributed by atoms with Gasteiger partial charge in [0, 0.05) is 12.1 Å². The monoisotopic (exact) mass is 236 g/mol. The number of aromatic nitrogens is 2. The quantitative estimate of drug-likeness (QED) is 0.426. The van der Waals surface area contributed by atoms with Gasteiger partial charge in [-0.15, -0.1) is 0 Å². The van der Waals surface area contributed by atoms with E-state index in [9.17, 15) is 4.79 Å². The number of amides is 1. The van der Waals surface area contributed by atoms with Crippen LogP contribution in [-0.4, -0.2) is 28.5 Å². The number of rotatable bonds is 3. The maximum absolute atomic E-state index is 11.6. The Balaban J connectivity index is 2.15. The number of hydrogen-bond donors (Lipinski definition) is 4. The van der Waals surface area contributed by atoms with Gasteiger partial charge in [0.15, 0.2) is 0 Å². The summed E-state index contributed by atoms with van der Waals surface area (Å²) in [7, 11) is 0. The normalized spacial score (nSPS) is 19.6. The van der Waals surface area contributed by atoms with Crippen LogP contribution >= 0.6 is 0 Å². The van der Waals surface area contributed by atoms with E-state index in [0.717, 1.165) is 24.9 Å². The van der Waals surface area contributed by atoms with Gasteiger partial charge in [0.05, 0.1) is 0 Å². The van der Waals surface area contributed by atoms with Crippen molar-refractivity contribution < 1.29 is 4.79 Å². The van der Waals surface area contributed by atoms with Crippen molar-refractivity contribution in [1.29, 1.82) is 0 Å². The summed E-state index contributed by atoms with van der Waals surface area (Å²) in [4.78, 5) is 19.7. The van der Waals surface area contributed by atoms with Crippen molar-refractivity contribution in [2.75, 3.05) is 17.3 Å². The second-order valence-corrected chi connectivity index (χ2v) is 3.97. The molecule has 0 bridgehead atoms. The fourth-order valence-corrected chi connectivity index (χ4v) is 1.82. The molecule has 92 valence electrons. The van der Waals surface area contributed by atoms with Crippen molar-refractivity contribution in [2.24, 2.45) is 5.84 Å². The second-order valence-electron chi connectivity index (χ2n) is 3.97. The minimum absolute atomic E-state index is 0.0107. The lowest BCUT2D eigenvalue weighted by atomic mass is 10.1. The van der Waals surface area contributed by atoms with E-state index in [0.29, 0.717) is 11.6 Å². The summed E-state index contributed by atoms with van der Waals surface area (Å²) in [6.45, 7) is 2.59. The molecule has 2 heterocycles. The third-order valence-electron chi connectivity index (χ3n) is 2.82. The molecule has 7 heteroatoms.